The molecule has 12 heteroatoms. The van der Waals surface area contributed by atoms with Crippen molar-refractivity contribution in [2.24, 2.45) is 0 Å². The van der Waals surface area contributed by atoms with Gasteiger partial charge in [-0.25, -0.2) is 14.8 Å². The number of carbonyl (C=O) groups is 1. The van der Waals surface area contributed by atoms with Crippen LogP contribution in [0.3, 0.4) is 0 Å². The van der Waals surface area contributed by atoms with Crippen LogP contribution in [0.5, 0.6) is 0 Å². The van der Waals surface area contributed by atoms with E-state index in [1.165, 1.54) is 63.8 Å². The van der Waals surface area contributed by atoms with Gasteiger partial charge in [-0.2, -0.15) is 9.61 Å². The third-order valence-electron chi connectivity index (χ3n) is 4.98. The van der Waals surface area contributed by atoms with Gasteiger partial charge in [-0.05, 0) is 37.3 Å². The normalized spacial score (nSPS) is 11.4. The standard InChI is InChI=1S/C22H17N5O5S2/c1-12-25-27-18(28)9-14(23-22(27)34-12)11-33-21-24-17-8-13(20(30)31-2)5-6-16(17)19(29)26(21)10-15-4-3-7-32-15/h3-9H,10-11H2,1-2H3. The highest BCUT2D eigenvalue weighted by Crippen LogP contribution is 2.23. The monoisotopic (exact) mass is 495 g/mol. The van der Waals surface area contributed by atoms with E-state index in [0.717, 1.165) is 5.01 Å². The van der Waals surface area contributed by atoms with Crippen molar-refractivity contribution in [1.82, 2.24) is 24.1 Å². The molecule has 0 saturated heterocycles. The molecular weight excluding hydrogens is 478 g/mol. The minimum Gasteiger partial charge on any atom is -0.467 e. The number of aryl methyl sites for hydroxylation is 1. The van der Waals surface area contributed by atoms with Crippen LogP contribution in [0.1, 0.15) is 26.8 Å². The Kier molecular flexibility index (Phi) is 5.75. The van der Waals surface area contributed by atoms with Crippen molar-refractivity contribution < 1.29 is 13.9 Å². The second kappa shape index (κ2) is 8.88. The summed E-state index contributed by atoms with van der Waals surface area (Å²) in [6, 6.07) is 9.56. The Morgan fingerprint density at radius 2 is 2.06 bits per heavy atom. The van der Waals surface area contributed by atoms with E-state index >= 15 is 0 Å². The molecule has 0 aliphatic carbocycles. The molecule has 5 aromatic rings. The average molecular weight is 496 g/mol. The number of methoxy groups -OCH3 is 1. The lowest BCUT2D eigenvalue weighted by atomic mass is 10.1. The first kappa shape index (κ1) is 22.0. The molecular formula is C22H17N5O5S2. The van der Waals surface area contributed by atoms with Gasteiger partial charge in [0.25, 0.3) is 11.1 Å². The Bertz CT molecular complexity index is 1650. The van der Waals surface area contributed by atoms with Gasteiger partial charge >= 0.3 is 5.97 Å². The third-order valence-corrected chi connectivity index (χ3v) is 6.82. The third kappa shape index (κ3) is 4.13. The predicted octanol–water partition coefficient (Wildman–Crippen LogP) is 2.89. The van der Waals surface area contributed by atoms with E-state index < -0.39 is 5.97 Å². The lowest BCUT2D eigenvalue weighted by Crippen LogP contribution is -2.24. The van der Waals surface area contributed by atoms with Crippen LogP contribution in [0, 0.1) is 6.92 Å². The number of thioether (sulfide) groups is 1. The zero-order chi connectivity index (χ0) is 23.8. The van der Waals surface area contributed by atoms with E-state index in [1.54, 1.807) is 18.2 Å². The van der Waals surface area contributed by atoms with Crippen LogP contribution >= 0.6 is 23.1 Å². The van der Waals surface area contributed by atoms with Crippen LogP contribution in [-0.4, -0.2) is 37.2 Å². The van der Waals surface area contributed by atoms with E-state index in [0.29, 0.717) is 43.8 Å². The number of esters is 1. The molecule has 0 unspecified atom stereocenters. The van der Waals surface area contributed by atoms with Gasteiger partial charge in [-0.3, -0.25) is 14.2 Å². The van der Waals surface area contributed by atoms with Crippen molar-refractivity contribution in [2.45, 2.75) is 24.4 Å². The fourth-order valence-corrected chi connectivity index (χ4v) is 5.08. The van der Waals surface area contributed by atoms with Gasteiger partial charge in [0.1, 0.15) is 10.8 Å². The second-order valence-electron chi connectivity index (χ2n) is 7.28. The minimum atomic E-state index is -0.518. The van der Waals surface area contributed by atoms with Gasteiger partial charge in [0.05, 0.1) is 42.1 Å². The quantitative estimate of drug-likeness (QED) is 0.199. The van der Waals surface area contributed by atoms with Gasteiger partial charge < -0.3 is 9.15 Å². The first-order valence-corrected chi connectivity index (χ1v) is 11.9. The molecule has 0 aliphatic rings. The number of aromatic nitrogens is 5. The Hall–Kier alpha value is -3.77. The number of hydrogen-bond donors (Lipinski definition) is 0. The molecule has 0 amide bonds. The van der Waals surface area contributed by atoms with Crippen LogP contribution in [-0.2, 0) is 17.0 Å². The maximum atomic E-state index is 13.3. The van der Waals surface area contributed by atoms with Gasteiger partial charge in [0, 0.05) is 11.8 Å². The van der Waals surface area contributed by atoms with Crippen LogP contribution in [0.2, 0.25) is 0 Å². The van der Waals surface area contributed by atoms with Crippen molar-refractivity contribution >= 4 is 44.9 Å². The van der Waals surface area contributed by atoms with Crippen LogP contribution < -0.4 is 11.1 Å². The summed E-state index contributed by atoms with van der Waals surface area (Å²) in [5.74, 6) is 0.375. The van der Waals surface area contributed by atoms with Crippen LogP contribution in [0.4, 0.5) is 0 Å². The molecule has 10 nitrogen and oxygen atoms in total. The first-order chi connectivity index (χ1) is 16.4. The largest absolute Gasteiger partial charge is 0.467 e. The summed E-state index contributed by atoms with van der Waals surface area (Å²) in [5.41, 5.74) is 0.657. The zero-order valence-electron chi connectivity index (χ0n) is 18.0. The fraction of sp³-hybridized carbons (Fsp3) is 0.182. The predicted molar refractivity (Wildman–Crippen MR) is 127 cm³/mol. The van der Waals surface area contributed by atoms with E-state index in [2.05, 4.69) is 15.1 Å². The number of ether oxygens (including phenoxy) is 1. The van der Waals surface area contributed by atoms with Crippen molar-refractivity contribution in [2.75, 3.05) is 7.11 Å². The molecule has 34 heavy (non-hydrogen) atoms. The molecule has 0 saturated carbocycles. The van der Waals surface area contributed by atoms with Crippen LogP contribution in [0.25, 0.3) is 15.9 Å². The summed E-state index contributed by atoms with van der Waals surface area (Å²) in [7, 11) is 1.29. The fourth-order valence-electron chi connectivity index (χ4n) is 3.42. The SMILES string of the molecule is COC(=O)c1ccc2c(=O)n(Cc3ccco3)c(SCc3cc(=O)n4nc(C)sc4n3)nc2c1. The van der Waals surface area contributed by atoms with Crippen molar-refractivity contribution in [1.29, 1.82) is 0 Å². The van der Waals surface area contributed by atoms with E-state index in [1.807, 2.05) is 6.92 Å². The van der Waals surface area contributed by atoms with Crippen LogP contribution in [0.15, 0.2) is 61.8 Å². The van der Waals surface area contributed by atoms with Gasteiger partial charge in [0.2, 0.25) is 4.96 Å². The summed E-state index contributed by atoms with van der Waals surface area (Å²) < 4.78 is 13.0. The van der Waals surface area contributed by atoms with Gasteiger partial charge in [-0.1, -0.05) is 23.1 Å². The maximum Gasteiger partial charge on any atom is 0.337 e. The minimum absolute atomic E-state index is 0.180. The molecule has 4 heterocycles. The molecule has 0 bridgehead atoms. The Labute approximate surface area is 199 Å². The number of furan rings is 1. The second-order valence-corrected chi connectivity index (χ2v) is 9.38. The molecule has 1 aromatic carbocycles. The summed E-state index contributed by atoms with van der Waals surface area (Å²) in [6.45, 7) is 1.99. The van der Waals surface area contributed by atoms with Gasteiger partial charge in [0.15, 0.2) is 5.16 Å². The molecule has 5 rings (SSSR count). The molecule has 0 N–H and O–H groups in total. The van der Waals surface area contributed by atoms with Gasteiger partial charge in [-0.15, -0.1) is 0 Å². The summed E-state index contributed by atoms with van der Waals surface area (Å²) in [4.78, 5) is 47.4. The van der Waals surface area contributed by atoms with Crippen molar-refractivity contribution in [3.8, 4) is 0 Å². The lowest BCUT2D eigenvalue weighted by molar-refractivity contribution is 0.0601. The Morgan fingerprint density at radius 1 is 1.21 bits per heavy atom. The zero-order valence-corrected chi connectivity index (χ0v) is 19.7. The summed E-state index contributed by atoms with van der Waals surface area (Å²) >= 11 is 2.59. The number of fused-ring (bicyclic) bond motifs is 2. The van der Waals surface area contributed by atoms with E-state index in [-0.39, 0.29) is 17.7 Å². The smallest absolute Gasteiger partial charge is 0.337 e. The topological polar surface area (TPSA) is 122 Å². The summed E-state index contributed by atoms with van der Waals surface area (Å²) in [5, 5.41) is 5.65. The molecule has 0 spiro atoms. The van der Waals surface area contributed by atoms with Crippen molar-refractivity contribution in [3.63, 3.8) is 0 Å². The Balaban J connectivity index is 1.57. The number of rotatable bonds is 6. The number of nitrogens with zero attached hydrogens (tertiary/aromatic N) is 5. The highest BCUT2D eigenvalue weighted by Gasteiger charge is 2.16. The van der Waals surface area contributed by atoms with E-state index in [4.69, 9.17) is 9.15 Å². The lowest BCUT2D eigenvalue weighted by Gasteiger charge is -2.12. The number of carbonyl (C=O) groups excluding carboxylic acids is 1. The van der Waals surface area contributed by atoms with Crippen molar-refractivity contribution in [3.05, 3.63) is 85.4 Å². The Morgan fingerprint density at radius 3 is 2.82 bits per heavy atom. The molecule has 0 aliphatic heterocycles. The number of benzene rings is 1. The average Bonchev–Trinajstić information content (AvgIpc) is 3.48. The summed E-state index contributed by atoms with van der Waals surface area (Å²) in [6.07, 6.45) is 1.54. The molecule has 172 valence electrons. The molecule has 0 radical (unpaired) electrons. The van der Waals surface area contributed by atoms with E-state index in [9.17, 15) is 14.4 Å². The molecule has 4 aromatic heterocycles. The maximum absolute atomic E-state index is 13.3. The highest BCUT2D eigenvalue weighted by molar-refractivity contribution is 7.98. The first-order valence-electron chi connectivity index (χ1n) is 10.1. The number of hydrogen-bond acceptors (Lipinski definition) is 10. The molecule has 0 fully saturated rings. The highest BCUT2D eigenvalue weighted by atomic mass is 32.2. The molecule has 0 atom stereocenters.